The second-order valence-electron chi connectivity index (χ2n) is 1.53. The van der Waals surface area contributed by atoms with Crippen molar-refractivity contribution in [3.63, 3.8) is 0 Å². The monoisotopic (exact) mass is 213 g/mol. The first-order valence-electron chi connectivity index (χ1n) is 2.44. The zero-order valence-electron chi connectivity index (χ0n) is 4.67. The van der Waals surface area contributed by atoms with Gasteiger partial charge in [0.05, 0.1) is 0 Å². The number of rotatable bonds is 1. The van der Waals surface area contributed by atoms with Crippen LogP contribution in [0.4, 0.5) is 0 Å². The van der Waals surface area contributed by atoms with Crippen LogP contribution in [0.5, 0.6) is 0 Å². The van der Waals surface area contributed by atoms with Gasteiger partial charge in [0.15, 0.2) is 0 Å². The number of benzene rings is 1. The summed E-state index contributed by atoms with van der Waals surface area (Å²) in [6.07, 6.45) is 0.833. The molecule has 0 spiro atoms. The molecule has 0 aliphatic heterocycles. The van der Waals surface area contributed by atoms with Crippen LogP contribution in [0.25, 0.3) is 0 Å². The third kappa shape index (κ3) is 2.61. The van der Waals surface area contributed by atoms with Gasteiger partial charge in [-0.2, -0.15) is 0 Å². The zero-order chi connectivity index (χ0) is 5.82. The molecule has 0 amide bonds. The van der Waals surface area contributed by atoms with Gasteiger partial charge in [0.2, 0.25) is 0 Å². The van der Waals surface area contributed by atoms with Crippen LogP contribution in [0.3, 0.4) is 0 Å². The Morgan fingerprint density at radius 2 is 1.67 bits per heavy atom. The summed E-state index contributed by atoms with van der Waals surface area (Å²) in [5.74, 6) is 0. The Morgan fingerprint density at radius 1 is 1.11 bits per heavy atom. The average Bonchev–Trinajstić information content (AvgIpc) is 1.90. The Balaban J connectivity index is 0.000000640. The van der Waals surface area contributed by atoms with Gasteiger partial charge >= 0.3 is 0 Å². The summed E-state index contributed by atoms with van der Waals surface area (Å²) in [5.41, 5.74) is 0.729. The van der Waals surface area contributed by atoms with E-state index >= 15 is 0 Å². The van der Waals surface area contributed by atoms with Crippen LogP contribution >= 0.6 is 0 Å². The van der Waals surface area contributed by atoms with E-state index in [1.54, 1.807) is 12.1 Å². The summed E-state index contributed by atoms with van der Waals surface area (Å²) < 4.78 is 0. The summed E-state index contributed by atoms with van der Waals surface area (Å²) in [6, 6.07) is 9.10. The average molecular weight is 214 g/mol. The maximum Gasteiger partial charge on any atom is 0.150 e. The Labute approximate surface area is 69.6 Å². The molecule has 0 saturated carbocycles. The standard InChI is InChI=1S/C7H6O.Ag/c8-6-7-4-2-1-3-5-7;/h1-6H;. The Kier molecular flexibility index (Phi) is 4.32. The van der Waals surface area contributed by atoms with Crippen LogP contribution < -0.4 is 0 Å². The summed E-state index contributed by atoms with van der Waals surface area (Å²) in [7, 11) is 0. The molecule has 1 radical (unpaired) electrons. The van der Waals surface area contributed by atoms with E-state index in [4.69, 9.17) is 0 Å². The molecule has 0 N–H and O–H groups in total. The molecule has 0 bridgehead atoms. The predicted octanol–water partition coefficient (Wildman–Crippen LogP) is 1.50. The van der Waals surface area contributed by atoms with Crippen molar-refractivity contribution < 1.29 is 27.2 Å². The molecule has 0 aliphatic rings. The van der Waals surface area contributed by atoms with Gasteiger partial charge in [-0.25, -0.2) is 0 Å². The van der Waals surface area contributed by atoms with Crippen LogP contribution in [0.15, 0.2) is 30.3 Å². The molecule has 1 nitrogen and oxygen atoms in total. The van der Waals surface area contributed by atoms with Crippen molar-refractivity contribution >= 4 is 6.29 Å². The fraction of sp³-hybridized carbons (Fsp3) is 0. The molecule has 0 unspecified atom stereocenters. The maximum absolute atomic E-state index is 10.0. The van der Waals surface area contributed by atoms with Crippen molar-refractivity contribution in [1.29, 1.82) is 0 Å². The molecule has 0 atom stereocenters. The zero-order valence-corrected chi connectivity index (χ0v) is 6.16. The van der Waals surface area contributed by atoms with Gasteiger partial charge in [-0.05, 0) is 0 Å². The molecular weight excluding hydrogens is 208 g/mol. The third-order valence-corrected chi connectivity index (χ3v) is 0.936. The van der Waals surface area contributed by atoms with E-state index in [0.29, 0.717) is 0 Å². The normalized spacial score (nSPS) is 7.56. The molecule has 9 heavy (non-hydrogen) atoms. The minimum absolute atomic E-state index is 0. The smallest absolute Gasteiger partial charge is 0.150 e. The largest absolute Gasteiger partial charge is 0.298 e. The van der Waals surface area contributed by atoms with Crippen molar-refractivity contribution in [3.8, 4) is 0 Å². The summed E-state index contributed by atoms with van der Waals surface area (Å²) in [6.45, 7) is 0. The van der Waals surface area contributed by atoms with E-state index in [-0.39, 0.29) is 22.4 Å². The van der Waals surface area contributed by atoms with E-state index in [0.717, 1.165) is 11.8 Å². The molecule has 1 aromatic rings. The van der Waals surface area contributed by atoms with Gasteiger partial charge in [-0.15, -0.1) is 0 Å². The minimum Gasteiger partial charge on any atom is -0.298 e. The Bertz CT molecular complexity index is 172. The van der Waals surface area contributed by atoms with E-state index < -0.39 is 0 Å². The molecule has 0 aliphatic carbocycles. The van der Waals surface area contributed by atoms with Crippen molar-refractivity contribution in [3.05, 3.63) is 35.9 Å². The van der Waals surface area contributed by atoms with Crippen LogP contribution in [-0.4, -0.2) is 6.29 Å². The first kappa shape index (κ1) is 8.63. The third-order valence-electron chi connectivity index (χ3n) is 0.936. The molecule has 0 saturated heterocycles. The molecule has 1 rings (SSSR count). The minimum atomic E-state index is 0. The first-order valence-corrected chi connectivity index (χ1v) is 2.44. The van der Waals surface area contributed by atoms with Crippen molar-refractivity contribution in [2.75, 3.05) is 0 Å². The fourth-order valence-electron chi connectivity index (χ4n) is 0.532. The van der Waals surface area contributed by atoms with Crippen molar-refractivity contribution in [2.24, 2.45) is 0 Å². The molecule has 1 aromatic carbocycles. The number of hydrogen-bond acceptors (Lipinski definition) is 1. The number of hydrogen-bond donors (Lipinski definition) is 0. The van der Waals surface area contributed by atoms with E-state index in [1.165, 1.54) is 0 Å². The molecule has 2 heteroatoms. The molecular formula is C7H6AgO. The summed E-state index contributed by atoms with van der Waals surface area (Å²) in [4.78, 5) is 10.0. The quantitative estimate of drug-likeness (QED) is 0.511. The number of carbonyl (C=O) groups is 1. The summed E-state index contributed by atoms with van der Waals surface area (Å²) >= 11 is 0. The van der Waals surface area contributed by atoms with Crippen LogP contribution in [0, 0.1) is 0 Å². The maximum atomic E-state index is 10.0. The summed E-state index contributed by atoms with van der Waals surface area (Å²) in [5, 5.41) is 0. The van der Waals surface area contributed by atoms with Crippen molar-refractivity contribution in [1.82, 2.24) is 0 Å². The SMILES string of the molecule is O=Cc1ccccc1.[Ag]. The van der Waals surface area contributed by atoms with Crippen LogP contribution in [-0.2, 0) is 22.4 Å². The number of carbonyl (C=O) groups excluding carboxylic acids is 1. The van der Waals surface area contributed by atoms with Gasteiger partial charge in [-0.3, -0.25) is 4.79 Å². The van der Waals surface area contributed by atoms with Gasteiger partial charge in [0, 0.05) is 27.9 Å². The molecule has 0 heterocycles. The van der Waals surface area contributed by atoms with Gasteiger partial charge in [-0.1, -0.05) is 30.3 Å². The second kappa shape index (κ2) is 4.50. The van der Waals surface area contributed by atoms with Gasteiger partial charge < -0.3 is 0 Å². The van der Waals surface area contributed by atoms with Gasteiger partial charge in [0.25, 0.3) is 0 Å². The van der Waals surface area contributed by atoms with Crippen LogP contribution in [0.1, 0.15) is 10.4 Å². The van der Waals surface area contributed by atoms with Crippen LogP contribution in [0.2, 0.25) is 0 Å². The predicted molar refractivity (Wildman–Crippen MR) is 31.8 cm³/mol. The first-order chi connectivity index (χ1) is 3.93. The Hall–Kier alpha value is -0.370. The Morgan fingerprint density at radius 3 is 2.00 bits per heavy atom. The van der Waals surface area contributed by atoms with E-state index in [9.17, 15) is 4.79 Å². The number of aldehydes is 1. The topological polar surface area (TPSA) is 17.1 Å². The molecule has 51 valence electrons. The molecule has 0 aromatic heterocycles. The van der Waals surface area contributed by atoms with Gasteiger partial charge in [0.1, 0.15) is 6.29 Å². The fourth-order valence-corrected chi connectivity index (χ4v) is 0.532. The second-order valence-corrected chi connectivity index (χ2v) is 1.53. The molecule has 0 fully saturated rings. The van der Waals surface area contributed by atoms with Crippen molar-refractivity contribution in [2.45, 2.75) is 0 Å². The van der Waals surface area contributed by atoms with E-state index in [2.05, 4.69) is 0 Å². The van der Waals surface area contributed by atoms with E-state index in [1.807, 2.05) is 18.2 Å².